The highest BCUT2D eigenvalue weighted by Crippen LogP contribution is 2.37. The second kappa shape index (κ2) is 4.38. The lowest BCUT2D eigenvalue weighted by Crippen LogP contribution is -1.90. The van der Waals surface area contributed by atoms with Crippen molar-refractivity contribution in [2.45, 2.75) is 13.3 Å². The molecule has 0 amide bonds. The van der Waals surface area contributed by atoms with E-state index in [4.69, 9.17) is 19.2 Å². The molecule has 0 unspecified atom stereocenters. The second-order valence-electron chi connectivity index (χ2n) is 3.70. The van der Waals surface area contributed by atoms with E-state index in [2.05, 4.69) is 6.07 Å². The summed E-state index contributed by atoms with van der Waals surface area (Å²) in [5.41, 5.74) is 1.62. The number of fused-ring (bicyclic) bond motifs is 1. The Labute approximate surface area is 99.4 Å². The number of hydrogen-bond donors (Lipinski definition) is 0. The third-order valence-corrected chi connectivity index (χ3v) is 2.71. The minimum atomic E-state index is 0.250. The van der Waals surface area contributed by atoms with Gasteiger partial charge in [0.05, 0.1) is 32.1 Å². The summed E-state index contributed by atoms with van der Waals surface area (Å²) in [6.07, 6.45) is 0.250. The van der Waals surface area contributed by atoms with Gasteiger partial charge in [0.2, 0.25) is 0 Å². The molecule has 1 aromatic heterocycles. The van der Waals surface area contributed by atoms with Crippen molar-refractivity contribution in [3.8, 4) is 17.6 Å². The van der Waals surface area contributed by atoms with Crippen LogP contribution in [0, 0.1) is 18.3 Å². The molecule has 0 fully saturated rings. The number of nitriles is 1. The van der Waals surface area contributed by atoms with Crippen LogP contribution < -0.4 is 9.47 Å². The Balaban J connectivity index is 2.72. The largest absolute Gasteiger partial charge is 0.496 e. The summed E-state index contributed by atoms with van der Waals surface area (Å²) in [6, 6.07) is 5.72. The molecule has 2 aromatic rings. The van der Waals surface area contributed by atoms with E-state index in [1.807, 2.05) is 19.1 Å². The lowest BCUT2D eigenvalue weighted by Gasteiger charge is -2.08. The normalized spacial score (nSPS) is 10.2. The maximum Gasteiger partial charge on any atom is 0.144 e. The Morgan fingerprint density at radius 1 is 1.24 bits per heavy atom. The van der Waals surface area contributed by atoms with E-state index in [1.54, 1.807) is 14.2 Å². The zero-order valence-electron chi connectivity index (χ0n) is 10.0. The topological polar surface area (TPSA) is 55.4 Å². The average molecular weight is 231 g/mol. The molecule has 0 aliphatic carbocycles. The Morgan fingerprint density at radius 3 is 2.53 bits per heavy atom. The van der Waals surface area contributed by atoms with Crippen LogP contribution in [-0.4, -0.2) is 14.2 Å². The first-order chi connectivity index (χ1) is 8.21. The number of hydrogen-bond acceptors (Lipinski definition) is 4. The fraction of sp³-hybridized carbons (Fsp3) is 0.308. The molecule has 0 saturated carbocycles. The number of rotatable bonds is 3. The van der Waals surface area contributed by atoms with Crippen molar-refractivity contribution in [1.82, 2.24) is 0 Å². The molecule has 1 aromatic carbocycles. The Hall–Kier alpha value is -2.15. The molecular formula is C13H13NO3. The molecule has 0 spiro atoms. The molecule has 0 N–H and O–H groups in total. The van der Waals surface area contributed by atoms with Gasteiger partial charge in [-0.15, -0.1) is 0 Å². The molecule has 1 heterocycles. The van der Waals surface area contributed by atoms with Crippen LogP contribution in [0.2, 0.25) is 0 Å². The Kier molecular flexibility index (Phi) is 2.92. The van der Waals surface area contributed by atoms with Gasteiger partial charge in [-0.1, -0.05) is 0 Å². The summed E-state index contributed by atoms with van der Waals surface area (Å²) in [5, 5.41) is 9.55. The van der Waals surface area contributed by atoms with Gasteiger partial charge in [-0.25, -0.2) is 0 Å². The van der Waals surface area contributed by atoms with Gasteiger partial charge in [-0.2, -0.15) is 5.26 Å². The summed E-state index contributed by atoms with van der Waals surface area (Å²) in [6.45, 7) is 1.92. The van der Waals surface area contributed by atoms with E-state index in [0.29, 0.717) is 22.8 Å². The van der Waals surface area contributed by atoms with Crippen LogP contribution in [0.3, 0.4) is 0 Å². The van der Waals surface area contributed by atoms with Gasteiger partial charge >= 0.3 is 0 Å². The SMILES string of the molecule is COc1cc(OC)c2cc(CC#N)oc2c1C. The molecule has 0 aliphatic heterocycles. The van der Waals surface area contributed by atoms with Crippen LogP contribution in [0.4, 0.5) is 0 Å². The summed E-state index contributed by atoms with van der Waals surface area (Å²) in [4.78, 5) is 0. The van der Waals surface area contributed by atoms with Crippen molar-refractivity contribution in [1.29, 1.82) is 5.26 Å². The second-order valence-corrected chi connectivity index (χ2v) is 3.70. The summed E-state index contributed by atoms with van der Waals surface area (Å²) < 4.78 is 16.2. The van der Waals surface area contributed by atoms with Crippen LogP contribution >= 0.6 is 0 Å². The van der Waals surface area contributed by atoms with Crippen molar-refractivity contribution < 1.29 is 13.9 Å². The van der Waals surface area contributed by atoms with Crippen molar-refractivity contribution >= 4 is 11.0 Å². The molecule has 4 heteroatoms. The van der Waals surface area contributed by atoms with Crippen LogP contribution in [-0.2, 0) is 6.42 Å². The molecule has 17 heavy (non-hydrogen) atoms. The molecule has 0 saturated heterocycles. The highest BCUT2D eigenvalue weighted by molar-refractivity contribution is 5.89. The monoisotopic (exact) mass is 231 g/mol. The third-order valence-electron chi connectivity index (χ3n) is 2.71. The van der Waals surface area contributed by atoms with Crippen molar-refractivity contribution in [3.63, 3.8) is 0 Å². The number of aryl methyl sites for hydroxylation is 1. The first-order valence-electron chi connectivity index (χ1n) is 5.22. The average Bonchev–Trinajstić information content (AvgIpc) is 2.75. The van der Waals surface area contributed by atoms with Crippen LogP contribution in [0.15, 0.2) is 16.5 Å². The molecular weight excluding hydrogens is 218 g/mol. The van der Waals surface area contributed by atoms with E-state index >= 15 is 0 Å². The first kappa shape index (κ1) is 11.3. The minimum Gasteiger partial charge on any atom is -0.496 e. The van der Waals surface area contributed by atoms with Gasteiger partial charge in [-0.05, 0) is 13.0 Å². The highest BCUT2D eigenvalue weighted by atomic mass is 16.5. The van der Waals surface area contributed by atoms with E-state index in [1.165, 1.54) is 0 Å². The maximum atomic E-state index is 8.68. The number of methoxy groups -OCH3 is 2. The third kappa shape index (κ3) is 1.80. The molecule has 4 nitrogen and oxygen atoms in total. The van der Waals surface area contributed by atoms with Crippen molar-refractivity contribution in [2.24, 2.45) is 0 Å². The van der Waals surface area contributed by atoms with Gasteiger partial charge in [0.1, 0.15) is 22.8 Å². The van der Waals surface area contributed by atoms with Crippen LogP contribution in [0.1, 0.15) is 11.3 Å². The zero-order valence-corrected chi connectivity index (χ0v) is 10.0. The Bertz CT molecular complexity index is 593. The molecule has 2 rings (SSSR count). The fourth-order valence-corrected chi connectivity index (χ4v) is 1.87. The highest BCUT2D eigenvalue weighted by Gasteiger charge is 2.15. The van der Waals surface area contributed by atoms with Crippen molar-refractivity contribution in [3.05, 3.63) is 23.5 Å². The molecule has 0 radical (unpaired) electrons. The predicted octanol–water partition coefficient (Wildman–Crippen LogP) is 2.82. The molecule has 88 valence electrons. The van der Waals surface area contributed by atoms with E-state index < -0.39 is 0 Å². The van der Waals surface area contributed by atoms with Gasteiger partial charge in [0.25, 0.3) is 0 Å². The standard InChI is InChI=1S/C13H13NO3/c1-8-11(15-2)7-12(16-3)10-6-9(4-5-14)17-13(8)10/h6-7H,4H2,1-3H3. The lowest BCUT2D eigenvalue weighted by atomic mass is 10.1. The summed E-state index contributed by atoms with van der Waals surface area (Å²) in [7, 11) is 3.20. The van der Waals surface area contributed by atoms with Gasteiger partial charge < -0.3 is 13.9 Å². The fourth-order valence-electron chi connectivity index (χ4n) is 1.87. The Morgan fingerprint density at radius 2 is 1.94 bits per heavy atom. The summed E-state index contributed by atoms with van der Waals surface area (Å²) >= 11 is 0. The summed E-state index contributed by atoms with van der Waals surface area (Å²) in [5.74, 6) is 2.04. The number of furan rings is 1. The smallest absolute Gasteiger partial charge is 0.144 e. The predicted molar refractivity (Wildman–Crippen MR) is 63.4 cm³/mol. The number of benzene rings is 1. The maximum absolute atomic E-state index is 8.68. The van der Waals surface area contributed by atoms with Crippen LogP contribution in [0.25, 0.3) is 11.0 Å². The quantitative estimate of drug-likeness (QED) is 0.815. The van der Waals surface area contributed by atoms with E-state index in [9.17, 15) is 0 Å². The zero-order chi connectivity index (χ0) is 12.4. The minimum absolute atomic E-state index is 0.250. The van der Waals surface area contributed by atoms with E-state index in [-0.39, 0.29) is 6.42 Å². The number of nitrogens with zero attached hydrogens (tertiary/aromatic N) is 1. The van der Waals surface area contributed by atoms with Gasteiger partial charge in [0.15, 0.2) is 0 Å². The van der Waals surface area contributed by atoms with Gasteiger partial charge in [0, 0.05) is 11.6 Å². The first-order valence-corrected chi connectivity index (χ1v) is 5.22. The van der Waals surface area contributed by atoms with Gasteiger partial charge in [-0.3, -0.25) is 0 Å². The number of ether oxygens (including phenoxy) is 2. The van der Waals surface area contributed by atoms with Crippen LogP contribution in [0.5, 0.6) is 11.5 Å². The van der Waals surface area contributed by atoms with Crippen molar-refractivity contribution in [2.75, 3.05) is 14.2 Å². The molecule has 0 aliphatic rings. The molecule has 0 atom stereocenters. The van der Waals surface area contributed by atoms with E-state index in [0.717, 1.165) is 10.9 Å². The lowest BCUT2D eigenvalue weighted by molar-refractivity contribution is 0.394. The molecule has 0 bridgehead atoms.